The van der Waals surface area contributed by atoms with Crippen molar-refractivity contribution in [2.75, 3.05) is 12.9 Å². The van der Waals surface area contributed by atoms with E-state index in [2.05, 4.69) is 33.0 Å². The van der Waals surface area contributed by atoms with Crippen molar-refractivity contribution in [2.45, 2.75) is 59.0 Å². The van der Waals surface area contributed by atoms with E-state index in [0.717, 1.165) is 12.5 Å². The number of nitrogens with one attached hydrogen (secondary N) is 1. The second kappa shape index (κ2) is 8.77. The molecule has 0 aromatic heterocycles. The van der Waals surface area contributed by atoms with E-state index in [9.17, 15) is 0 Å². The molecule has 0 saturated heterocycles. The van der Waals surface area contributed by atoms with Crippen LogP contribution in [-0.4, -0.2) is 18.6 Å². The predicted molar refractivity (Wildman–Crippen MR) is 81.9 cm³/mol. The maximum absolute atomic E-state index is 8.75. The summed E-state index contributed by atoms with van der Waals surface area (Å²) in [7, 11) is -0.559. The van der Waals surface area contributed by atoms with Gasteiger partial charge < -0.3 is 9.84 Å². The number of nitriles is 1. The highest BCUT2D eigenvalue weighted by atomic mass is 31.1. The van der Waals surface area contributed by atoms with E-state index < -0.39 is 8.15 Å². The molecule has 110 valence electrons. The fraction of sp³-hybridized carbons (Fsp3) is 0.933. The molecule has 3 nitrogen and oxygen atoms in total. The van der Waals surface area contributed by atoms with E-state index in [0.29, 0.717) is 23.8 Å². The van der Waals surface area contributed by atoms with E-state index in [1.54, 1.807) is 0 Å². The molecule has 0 aromatic carbocycles. The van der Waals surface area contributed by atoms with Crippen molar-refractivity contribution in [3.63, 3.8) is 0 Å². The van der Waals surface area contributed by atoms with Crippen molar-refractivity contribution < 1.29 is 4.52 Å². The minimum Gasteiger partial charge on any atom is -0.357 e. The van der Waals surface area contributed by atoms with E-state index in [1.165, 1.54) is 25.7 Å². The average molecular weight is 284 g/mol. The maximum Gasteiger partial charge on any atom is 0.176 e. The lowest BCUT2D eigenvalue weighted by Gasteiger charge is -2.33. The van der Waals surface area contributed by atoms with Crippen molar-refractivity contribution in [1.29, 1.82) is 5.26 Å². The molecule has 0 radical (unpaired) electrons. The Morgan fingerprint density at radius 3 is 2.26 bits per heavy atom. The fourth-order valence-corrected chi connectivity index (χ4v) is 5.60. The molecule has 1 N–H and O–H groups in total. The molecule has 1 fully saturated rings. The normalized spacial score (nSPS) is 18.2. The average Bonchev–Trinajstić information content (AvgIpc) is 2.84. The van der Waals surface area contributed by atoms with Crippen LogP contribution in [0.3, 0.4) is 0 Å². The van der Waals surface area contributed by atoms with Crippen LogP contribution in [0.1, 0.15) is 53.4 Å². The molecule has 0 bridgehead atoms. The van der Waals surface area contributed by atoms with Gasteiger partial charge in [-0.05, 0) is 30.6 Å². The van der Waals surface area contributed by atoms with Gasteiger partial charge in [-0.2, -0.15) is 5.26 Å². The number of hydrogen-bond acceptors (Lipinski definition) is 3. The molecule has 1 unspecified atom stereocenters. The summed E-state index contributed by atoms with van der Waals surface area (Å²) in [6.45, 7) is 9.97. The van der Waals surface area contributed by atoms with Gasteiger partial charge in [0.2, 0.25) is 0 Å². The molecule has 0 aliphatic heterocycles. The van der Waals surface area contributed by atoms with Gasteiger partial charge in [0.1, 0.15) is 0 Å². The molecular weight excluding hydrogens is 255 g/mol. The van der Waals surface area contributed by atoms with Gasteiger partial charge in [0.25, 0.3) is 0 Å². The van der Waals surface area contributed by atoms with Crippen LogP contribution < -0.4 is 5.32 Å². The van der Waals surface area contributed by atoms with Crippen LogP contribution >= 0.6 is 8.15 Å². The van der Waals surface area contributed by atoms with Crippen molar-refractivity contribution in [3.8, 4) is 6.19 Å². The van der Waals surface area contributed by atoms with E-state index in [-0.39, 0.29) is 0 Å². The first-order chi connectivity index (χ1) is 9.06. The summed E-state index contributed by atoms with van der Waals surface area (Å²) in [6, 6.07) is 0. The summed E-state index contributed by atoms with van der Waals surface area (Å²) < 4.78 is 6.26. The van der Waals surface area contributed by atoms with Gasteiger partial charge in [0.15, 0.2) is 6.19 Å². The van der Waals surface area contributed by atoms with E-state index >= 15 is 0 Å². The van der Waals surface area contributed by atoms with Crippen molar-refractivity contribution in [3.05, 3.63) is 0 Å². The third-order valence-corrected chi connectivity index (χ3v) is 6.77. The van der Waals surface area contributed by atoms with Gasteiger partial charge in [-0.15, -0.1) is 0 Å². The molecule has 0 aromatic rings. The molecule has 1 aliphatic rings. The van der Waals surface area contributed by atoms with Crippen LogP contribution in [0, 0.1) is 29.2 Å². The summed E-state index contributed by atoms with van der Waals surface area (Å²) in [5, 5.41) is 11.6. The predicted octanol–water partition coefficient (Wildman–Crippen LogP) is 4.30. The summed E-state index contributed by atoms with van der Waals surface area (Å²) in [5.74, 6) is 1.97. The lowest BCUT2D eigenvalue weighted by Crippen LogP contribution is -2.26. The van der Waals surface area contributed by atoms with Crippen LogP contribution in [0.4, 0.5) is 0 Å². The second-order valence-electron chi connectivity index (χ2n) is 6.29. The monoisotopic (exact) mass is 284 g/mol. The second-order valence-corrected chi connectivity index (χ2v) is 8.29. The molecule has 19 heavy (non-hydrogen) atoms. The van der Waals surface area contributed by atoms with E-state index in [4.69, 9.17) is 9.79 Å². The van der Waals surface area contributed by atoms with Crippen LogP contribution in [-0.2, 0) is 4.52 Å². The summed E-state index contributed by atoms with van der Waals surface area (Å²) in [4.78, 5) is 0. The van der Waals surface area contributed by atoms with Crippen molar-refractivity contribution >= 4 is 8.15 Å². The highest BCUT2D eigenvalue weighted by Gasteiger charge is 2.29. The summed E-state index contributed by atoms with van der Waals surface area (Å²) >= 11 is 0. The number of rotatable bonds is 8. The molecule has 0 heterocycles. The third-order valence-electron chi connectivity index (χ3n) is 3.96. The van der Waals surface area contributed by atoms with Crippen LogP contribution in [0.5, 0.6) is 0 Å². The maximum atomic E-state index is 8.75. The first kappa shape index (κ1) is 16.7. The first-order valence-corrected chi connectivity index (χ1v) is 9.09. The number of nitrogens with zero attached hydrogens (tertiary/aromatic N) is 1. The highest BCUT2D eigenvalue weighted by Crippen LogP contribution is 2.49. The van der Waals surface area contributed by atoms with Gasteiger partial charge in [-0.25, -0.2) is 0 Å². The van der Waals surface area contributed by atoms with Crippen LogP contribution in [0.25, 0.3) is 0 Å². The Kier molecular flexibility index (Phi) is 7.73. The zero-order valence-corrected chi connectivity index (χ0v) is 13.7. The molecule has 0 amide bonds. The standard InChI is InChI=1S/C15H29N2OP/c1-12(2)15(13(3)4)19(11-17-10-16)18-9-14-7-5-6-8-14/h12-15,17H,5-9,11H2,1-4H3. The Morgan fingerprint density at radius 1 is 1.21 bits per heavy atom. The molecular formula is C15H29N2OP. The lowest BCUT2D eigenvalue weighted by molar-refractivity contribution is 0.264. The molecule has 1 aliphatic carbocycles. The molecule has 0 spiro atoms. The van der Waals surface area contributed by atoms with Crippen molar-refractivity contribution in [2.24, 2.45) is 17.8 Å². The molecule has 1 rings (SSSR count). The van der Waals surface area contributed by atoms with Gasteiger partial charge in [-0.1, -0.05) is 40.5 Å². The fourth-order valence-electron chi connectivity index (χ4n) is 3.16. The highest BCUT2D eigenvalue weighted by molar-refractivity contribution is 7.53. The zero-order chi connectivity index (χ0) is 14.3. The Labute approximate surface area is 119 Å². The Bertz CT molecular complexity index is 274. The third kappa shape index (κ3) is 5.67. The van der Waals surface area contributed by atoms with Gasteiger partial charge in [0, 0.05) is 5.66 Å². The Hall–Kier alpha value is -0.320. The molecule has 1 saturated carbocycles. The largest absolute Gasteiger partial charge is 0.357 e. The van der Waals surface area contributed by atoms with Crippen LogP contribution in [0.15, 0.2) is 0 Å². The van der Waals surface area contributed by atoms with E-state index in [1.807, 2.05) is 6.19 Å². The van der Waals surface area contributed by atoms with Crippen LogP contribution in [0.2, 0.25) is 0 Å². The first-order valence-electron chi connectivity index (χ1n) is 7.57. The smallest absolute Gasteiger partial charge is 0.176 e. The minimum absolute atomic E-state index is 0.559. The topological polar surface area (TPSA) is 45.0 Å². The SMILES string of the molecule is CC(C)C(C(C)C)P(CNC#N)OCC1CCCC1. The molecule has 1 atom stereocenters. The minimum atomic E-state index is -0.559. The van der Waals surface area contributed by atoms with Crippen molar-refractivity contribution in [1.82, 2.24) is 5.32 Å². The number of hydrogen-bond donors (Lipinski definition) is 1. The lowest BCUT2D eigenvalue weighted by atomic mass is 10.00. The Balaban J connectivity index is 2.55. The molecule has 4 heteroatoms. The van der Waals surface area contributed by atoms with Gasteiger partial charge in [-0.3, -0.25) is 0 Å². The summed E-state index contributed by atoms with van der Waals surface area (Å²) in [5.41, 5.74) is 0.567. The summed E-state index contributed by atoms with van der Waals surface area (Å²) in [6.07, 6.45) is 8.12. The quantitative estimate of drug-likeness (QED) is 0.410. The Morgan fingerprint density at radius 2 is 1.79 bits per heavy atom. The van der Waals surface area contributed by atoms with Gasteiger partial charge in [0.05, 0.1) is 21.0 Å². The zero-order valence-electron chi connectivity index (χ0n) is 12.9. The van der Waals surface area contributed by atoms with Gasteiger partial charge >= 0.3 is 0 Å².